The maximum atomic E-state index is 8.89. The van der Waals surface area contributed by atoms with E-state index in [1.807, 2.05) is 0 Å². The zero-order valence-electron chi connectivity index (χ0n) is 2.20. The first-order valence-corrected chi connectivity index (χ1v) is 1.58. The van der Waals surface area contributed by atoms with Gasteiger partial charge in [-0.25, -0.2) is 0 Å². The molecule has 0 aliphatic heterocycles. The van der Waals surface area contributed by atoms with Crippen molar-refractivity contribution in [2.75, 3.05) is 0 Å². The lowest BCUT2D eigenvalue weighted by atomic mass is 13.3. The van der Waals surface area contributed by atoms with Gasteiger partial charge in [0.25, 0.3) is 0 Å². The summed E-state index contributed by atoms with van der Waals surface area (Å²) >= 11 is 0. The van der Waals surface area contributed by atoms with Crippen LogP contribution in [0, 0.1) is 4.91 Å². The Hall–Kier alpha value is -0.590. The Morgan fingerprint density at radius 1 is 2.00 bits per heavy atom. The van der Waals surface area contributed by atoms with Crippen LogP contribution in [0.4, 0.5) is 0 Å². The standard InChI is InChI=1S/N3OP/c1-2-5-3-4. The van der Waals surface area contributed by atoms with Gasteiger partial charge in [-0.3, -0.25) is 0 Å². The Labute approximate surface area is 29.6 Å². The van der Waals surface area contributed by atoms with E-state index in [1.165, 1.54) is 0 Å². The summed E-state index contributed by atoms with van der Waals surface area (Å²) in [6.45, 7) is 0. The van der Waals surface area contributed by atoms with Gasteiger partial charge in [-0.05, 0) is 0 Å². The van der Waals surface area contributed by atoms with Gasteiger partial charge >= 0.3 is 8.52 Å². The van der Waals surface area contributed by atoms with Crippen LogP contribution < -0.4 is 4.54 Å². The van der Waals surface area contributed by atoms with Gasteiger partial charge in [0.2, 0.25) is 0 Å². The van der Waals surface area contributed by atoms with Gasteiger partial charge < -0.3 is 5.53 Å². The summed E-state index contributed by atoms with van der Waals surface area (Å²) in [6, 6.07) is 0. The largest absolute Gasteiger partial charge is 0.542 e. The first-order valence-electron chi connectivity index (χ1n) is 0.783. The number of nitrogens with zero attached hydrogens (tertiary/aromatic N) is 3. The first-order chi connectivity index (χ1) is 2.41. The van der Waals surface area contributed by atoms with Crippen LogP contribution >= 0.6 is 8.52 Å². The van der Waals surface area contributed by atoms with Gasteiger partial charge in [-0.1, -0.05) is 0 Å². The molecule has 0 aliphatic carbocycles. The Balaban J connectivity index is 3.31. The molecule has 0 atom stereocenters. The van der Waals surface area contributed by atoms with E-state index in [0.717, 1.165) is 0 Å². The summed E-state index contributed by atoms with van der Waals surface area (Å²) in [7, 11) is -0.170. The average molecular weight is 89.0 g/mol. The van der Waals surface area contributed by atoms with Crippen molar-refractivity contribution in [1.29, 1.82) is 0 Å². The van der Waals surface area contributed by atoms with Crippen molar-refractivity contribution in [3.63, 3.8) is 0 Å². The molecule has 0 rings (SSSR count). The molecule has 0 amide bonds. The maximum absolute atomic E-state index is 8.89. The second-order valence-electron chi connectivity index (χ2n) is 0.261. The lowest BCUT2D eigenvalue weighted by molar-refractivity contribution is 1.67. The number of hydrogen-bond acceptors (Lipinski definition) is 1. The number of nitroso groups, excluding NO2 is 1. The molecule has 5 heavy (non-hydrogen) atoms. The number of hydrogen-bond donors (Lipinski definition) is 0. The van der Waals surface area contributed by atoms with Crippen LogP contribution in [0.5, 0.6) is 0 Å². The minimum atomic E-state index is -0.170. The van der Waals surface area contributed by atoms with Crippen LogP contribution in [-0.4, -0.2) is 0 Å². The molecular weight excluding hydrogens is 89.0 g/mol. The smallest absolute Gasteiger partial charge is 0.357 e. The molecule has 0 saturated heterocycles. The van der Waals surface area contributed by atoms with Crippen LogP contribution in [0.1, 0.15) is 0 Å². The molecule has 0 fully saturated rings. The van der Waals surface area contributed by atoms with E-state index in [4.69, 9.17) is 10.4 Å². The fraction of sp³-hybridized carbons (Fsp3) is 0. The fourth-order valence-electron chi connectivity index (χ4n) is 0.0163. The molecule has 0 aromatic heterocycles. The molecule has 0 aliphatic rings. The van der Waals surface area contributed by atoms with Crippen LogP contribution in [0.15, 0.2) is 4.95 Å². The molecule has 0 spiro atoms. The lowest BCUT2D eigenvalue weighted by Crippen LogP contribution is -1.24. The van der Waals surface area contributed by atoms with Gasteiger partial charge in [0.05, 0.1) is 4.95 Å². The van der Waals surface area contributed by atoms with E-state index in [1.54, 1.807) is 0 Å². The fourth-order valence-corrected chi connectivity index (χ4v) is 0.0490. The van der Waals surface area contributed by atoms with Crippen LogP contribution in [0.2, 0.25) is 0 Å². The van der Waals surface area contributed by atoms with E-state index >= 15 is 0 Å². The van der Waals surface area contributed by atoms with E-state index in [-0.39, 0.29) is 8.52 Å². The molecule has 0 saturated carbocycles. The minimum Gasteiger partial charge on any atom is -0.357 e. The molecule has 0 unspecified atom stereocenters. The third-order valence-corrected chi connectivity index (χ3v) is 0.230. The van der Waals surface area contributed by atoms with E-state index in [9.17, 15) is 0 Å². The Bertz CT molecular complexity index is 71.0. The molecule has 0 aromatic rings. The molecule has 0 N–H and O–H groups in total. The molecule has 26 valence electrons. The van der Waals surface area contributed by atoms with Crippen molar-refractivity contribution in [2.45, 2.75) is 0 Å². The van der Waals surface area contributed by atoms with Crippen molar-refractivity contribution >= 4 is 8.52 Å². The third-order valence-electron chi connectivity index (χ3n) is 0.0765. The van der Waals surface area contributed by atoms with Crippen LogP contribution in [0.3, 0.4) is 0 Å². The van der Waals surface area contributed by atoms with E-state index in [0.29, 0.717) is 0 Å². The maximum Gasteiger partial charge on any atom is 0.542 e. The van der Waals surface area contributed by atoms with Gasteiger partial charge in [-0.15, -0.1) is 9.45 Å². The molecule has 5 heteroatoms. The zero-order chi connectivity index (χ0) is 4.12. The lowest BCUT2D eigenvalue weighted by Gasteiger charge is -1.30. The van der Waals surface area contributed by atoms with Crippen molar-refractivity contribution in [3.05, 3.63) is 10.4 Å². The summed E-state index contributed by atoms with van der Waals surface area (Å²) in [5.41, 5.74) is 7.39. The second kappa shape index (κ2) is 3.41. The third kappa shape index (κ3) is 3.41. The van der Waals surface area contributed by atoms with Gasteiger partial charge in [-0.2, -0.15) is 0 Å². The molecule has 4 nitrogen and oxygen atoms in total. The Morgan fingerprint density at radius 3 is 2.60 bits per heavy atom. The van der Waals surface area contributed by atoms with Crippen LogP contribution in [0.25, 0.3) is 5.53 Å². The monoisotopic (exact) mass is 89.0 g/mol. The number of rotatable bonds is 1. The van der Waals surface area contributed by atoms with Gasteiger partial charge in [0.15, 0.2) is 0 Å². The average Bonchev–Trinajstić information content (AvgIpc) is 1.41. The summed E-state index contributed by atoms with van der Waals surface area (Å²) in [5, 5.41) is 0. The zero-order valence-corrected chi connectivity index (χ0v) is 3.09. The molecule has 0 heterocycles. The highest BCUT2D eigenvalue weighted by Gasteiger charge is 1.65. The summed E-state index contributed by atoms with van der Waals surface area (Å²) in [4.78, 5) is 11.0. The van der Waals surface area contributed by atoms with E-state index < -0.39 is 0 Å². The normalized spacial score (nSPS) is 6.40. The molecule has 0 aromatic carbocycles. The highest BCUT2D eigenvalue weighted by molar-refractivity contribution is 7.23. The first kappa shape index (κ1) is 4.41. The highest BCUT2D eigenvalue weighted by atomic mass is 31.1. The molecule has 0 radical (unpaired) electrons. The van der Waals surface area contributed by atoms with Gasteiger partial charge in [0.1, 0.15) is 0 Å². The van der Waals surface area contributed by atoms with E-state index in [2.05, 4.69) is 9.49 Å². The highest BCUT2D eigenvalue weighted by Crippen LogP contribution is 1.84. The van der Waals surface area contributed by atoms with Crippen molar-refractivity contribution < 1.29 is 0 Å². The Kier molecular flexibility index (Phi) is 3.01. The SMILES string of the molecule is [N-]=[N+]=PN=O. The van der Waals surface area contributed by atoms with Gasteiger partial charge in [0, 0.05) is 0 Å². The van der Waals surface area contributed by atoms with Crippen molar-refractivity contribution in [1.82, 2.24) is 4.54 Å². The minimum absolute atomic E-state index is 0.170. The predicted molar refractivity (Wildman–Crippen MR) is 18.2 cm³/mol. The molecule has 0 bridgehead atoms. The second-order valence-corrected chi connectivity index (χ2v) is 0.782. The topological polar surface area (TPSA) is 65.8 Å². The summed E-state index contributed by atoms with van der Waals surface area (Å²) < 4.78 is 2.35. The Morgan fingerprint density at radius 2 is 2.60 bits per heavy atom. The molecular formula is N3OP. The summed E-state index contributed by atoms with van der Waals surface area (Å²) in [5.74, 6) is 0. The van der Waals surface area contributed by atoms with Crippen LogP contribution in [-0.2, 0) is 0 Å². The summed E-state index contributed by atoms with van der Waals surface area (Å²) in [6.07, 6.45) is 0. The van der Waals surface area contributed by atoms with Crippen molar-refractivity contribution in [2.24, 2.45) is 4.95 Å². The predicted octanol–water partition coefficient (Wildman–Crippen LogP) is 0.886. The quantitative estimate of drug-likeness (QED) is 0.203. The van der Waals surface area contributed by atoms with Crippen molar-refractivity contribution in [3.8, 4) is 0 Å².